The fourth-order valence-corrected chi connectivity index (χ4v) is 4.16. The van der Waals surface area contributed by atoms with Gasteiger partial charge in [-0.05, 0) is 74.0 Å². The molecular weight excluding hydrogens is 615 g/mol. The van der Waals surface area contributed by atoms with Crippen LogP contribution >= 0.6 is 11.6 Å². The highest BCUT2D eigenvalue weighted by atomic mass is 35.5. The number of halogens is 6. The number of tetrazole rings is 1. The van der Waals surface area contributed by atoms with E-state index in [0.29, 0.717) is 5.56 Å². The van der Waals surface area contributed by atoms with Gasteiger partial charge in [-0.15, -0.1) is 5.10 Å². The van der Waals surface area contributed by atoms with Crippen molar-refractivity contribution in [3.8, 4) is 11.9 Å². The number of alkyl halides is 5. The van der Waals surface area contributed by atoms with Crippen molar-refractivity contribution < 1.29 is 31.5 Å². The molecule has 0 saturated carbocycles. The van der Waals surface area contributed by atoms with Crippen LogP contribution in [0.5, 0.6) is 0 Å². The number of aromatic nitrogens is 7. The number of amides is 2. The number of anilines is 1. The van der Waals surface area contributed by atoms with E-state index in [4.69, 9.17) is 11.6 Å². The molecule has 0 atom stereocenters. The van der Waals surface area contributed by atoms with Gasteiger partial charge in [-0.3, -0.25) is 9.59 Å². The zero-order valence-electron chi connectivity index (χ0n) is 23.3. The molecule has 12 nitrogen and oxygen atoms in total. The quantitative estimate of drug-likeness (QED) is 0.280. The van der Waals surface area contributed by atoms with Gasteiger partial charge in [-0.2, -0.15) is 32.3 Å². The lowest BCUT2D eigenvalue weighted by atomic mass is 10.0. The molecule has 44 heavy (non-hydrogen) atoms. The summed E-state index contributed by atoms with van der Waals surface area (Å²) in [5, 5.41) is 28.0. The second kappa shape index (κ2) is 11.6. The second-order valence-corrected chi connectivity index (χ2v) is 10.9. The van der Waals surface area contributed by atoms with Crippen molar-refractivity contribution >= 4 is 29.1 Å². The van der Waals surface area contributed by atoms with E-state index in [0.717, 1.165) is 10.7 Å². The van der Waals surface area contributed by atoms with E-state index in [1.165, 1.54) is 30.5 Å². The Bertz CT molecular complexity index is 1790. The first-order valence-corrected chi connectivity index (χ1v) is 12.9. The molecule has 0 fully saturated rings. The Morgan fingerprint density at radius 3 is 2.41 bits per heavy atom. The maximum atomic E-state index is 14.1. The zero-order chi connectivity index (χ0) is 32.6. The van der Waals surface area contributed by atoms with Gasteiger partial charge in [0.05, 0.1) is 40.1 Å². The molecule has 0 spiro atoms. The number of nitriles is 1. The molecule has 2 amide bonds. The molecule has 4 rings (SSSR count). The Kier molecular flexibility index (Phi) is 8.42. The van der Waals surface area contributed by atoms with Crippen molar-refractivity contribution in [1.82, 2.24) is 40.3 Å². The SMILES string of the molecule is Cc1cc(C#N)cc(C(=O)NC(C)(C)C)c1NC(=O)c1cc(Cn2nnnc2C(F)(F)C(F)(F)F)nn1-c1ncccc1Cl. The standard InChI is InChI=1S/C26H22ClF5N10O2/c1-13-8-14(11-33)9-16(21(43)36-24(2,3)4)19(13)35-22(44)18-10-15(38-42(18)20-17(27)6-5-7-34-20)12-41-23(37-39-40-41)25(28,29)26(30,31)32/h5-10H,12H2,1-4H3,(H,35,44)(H,36,43). The minimum Gasteiger partial charge on any atom is -0.347 e. The van der Waals surface area contributed by atoms with E-state index in [1.807, 2.05) is 6.07 Å². The Morgan fingerprint density at radius 2 is 1.80 bits per heavy atom. The number of nitrogens with one attached hydrogen (secondary N) is 2. The van der Waals surface area contributed by atoms with Crippen molar-refractivity contribution in [3.05, 3.63) is 75.5 Å². The van der Waals surface area contributed by atoms with Gasteiger partial charge in [0.2, 0.25) is 5.82 Å². The first-order valence-electron chi connectivity index (χ1n) is 12.5. The van der Waals surface area contributed by atoms with Gasteiger partial charge in [0.1, 0.15) is 5.69 Å². The molecule has 230 valence electrons. The molecule has 0 aliphatic carbocycles. The number of rotatable bonds is 7. The zero-order valence-corrected chi connectivity index (χ0v) is 24.1. The topological polar surface area (TPSA) is 156 Å². The van der Waals surface area contributed by atoms with Crippen molar-refractivity contribution in [2.75, 3.05) is 5.32 Å². The third-order valence-electron chi connectivity index (χ3n) is 5.85. The summed E-state index contributed by atoms with van der Waals surface area (Å²) in [6.07, 6.45) is -4.66. The third kappa shape index (κ3) is 6.49. The molecule has 1 aromatic carbocycles. The predicted molar refractivity (Wildman–Crippen MR) is 144 cm³/mol. The minimum atomic E-state index is -5.98. The number of hydrogen-bond acceptors (Lipinski definition) is 8. The third-order valence-corrected chi connectivity index (χ3v) is 6.14. The molecule has 0 aliphatic rings. The molecule has 3 aromatic heterocycles. The Labute approximate surface area is 250 Å². The lowest BCUT2D eigenvalue weighted by Gasteiger charge is -2.22. The Balaban J connectivity index is 1.79. The molecule has 18 heteroatoms. The molecule has 2 N–H and O–H groups in total. The molecule has 3 heterocycles. The summed E-state index contributed by atoms with van der Waals surface area (Å²) >= 11 is 6.27. The average Bonchev–Trinajstić information content (AvgIpc) is 3.56. The fraction of sp³-hybridized carbons (Fsp3) is 0.308. The first-order chi connectivity index (χ1) is 20.4. The predicted octanol–water partition coefficient (Wildman–Crippen LogP) is 4.57. The minimum absolute atomic E-state index is 0.0164. The normalized spacial score (nSPS) is 12.1. The number of nitrogens with zero attached hydrogens (tertiary/aromatic N) is 8. The van der Waals surface area contributed by atoms with Crippen molar-refractivity contribution in [2.24, 2.45) is 0 Å². The van der Waals surface area contributed by atoms with Crippen LogP contribution in [0.1, 0.15) is 64.3 Å². The van der Waals surface area contributed by atoms with Crippen LogP contribution in [0.15, 0.2) is 36.5 Å². The van der Waals surface area contributed by atoms with Crippen LogP contribution in [0, 0.1) is 18.3 Å². The number of carbonyl (C=O) groups is 2. The molecule has 4 aromatic rings. The van der Waals surface area contributed by atoms with Crippen molar-refractivity contribution in [2.45, 2.75) is 51.9 Å². The van der Waals surface area contributed by atoms with Gasteiger partial charge in [0, 0.05) is 11.7 Å². The number of aryl methyl sites for hydroxylation is 1. The summed E-state index contributed by atoms with van der Waals surface area (Å²) < 4.78 is 68.4. The van der Waals surface area contributed by atoms with Crippen molar-refractivity contribution in [3.63, 3.8) is 0 Å². The summed E-state index contributed by atoms with van der Waals surface area (Å²) in [7, 11) is 0. The van der Waals surface area contributed by atoms with Gasteiger partial charge in [0.25, 0.3) is 11.8 Å². The Hall–Kier alpha value is -4.98. The van der Waals surface area contributed by atoms with E-state index in [2.05, 4.69) is 36.2 Å². The summed E-state index contributed by atoms with van der Waals surface area (Å²) in [6, 6.07) is 8.70. The Morgan fingerprint density at radius 1 is 1.09 bits per heavy atom. The second-order valence-electron chi connectivity index (χ2n) is 10.5. The number of pyridine rings is 1. The van der Waals surface area contributed by atoms with E-state index in [9.17, 15) is 36.8 Å². The van der Waals surface area contributed by atoms with Crippen LogP contribution in [0.25, 0.3) is 5.82 Å². The average molecular weight is 637 g/mol. The van der Waals surface area contributed by atoms with Gasteiger partial charge in [-0.25, -0.2) is 14.3 Å². The van der Waals surface area contributed by atoms with Crippen LogP contribution in [-0.4, -0.2) is 58.5 Å². The van der Waals surface area contributed by atoms with Gasteiger partial charge in [0.15, 0.2) is 5.82 Å². The molecule has 0 aliphatic heterocycles. The maximum Gasteiger partial charge on any atom is 0.461 e. The molecule has 0 unspecified atom stereocenters. The highest BCUT2D eigenvalue weighted by Crippen LogP contribution is 2.42. The van der Waals surface area contributed by atoms with E-state index < -0.39 is 41.8 Å². The van der Waals surface area contributed by atoms with Crippen LogP contribution < -0.4 is 10.6 Å². The highest BCUT2D eigenvalue weighted by Gasteiger charge is 2.62. The summed E-state index contributed by atoms with van der Waals surface area (Å²) in [6.45, 7) is 5.97. The largest absolute Gasteiger partial charge is 0.461 e. The maximum absolute atomic E-state index is 14.1. The number of hydrogen-bond donors (Lipinski definition) is 2. The lowest BCUT2D eigenvalue weighted by molar-refractivity contribution is -0.293. The van der Waals surface area contributed by atoms with Gasteiger partial charge in [-0.1, -0.05) is 11.6 Å². The molecule has 0 radical (unpaired) electrons. The van der Waals surface area contributed by atoms with Gasteiger partial charge < -0.3 is 10.6 Å². The van der Waals surface area contributed by atoms with Crippen LogP contribution in [0.3, 0.4) is 0 Å². The van der Waals surface area contributed by atoms with Crippen LogP contribution in [0.2, 0.25) is 5.02 Å². The monoisotopic (exact) mass is 636 g/mol. The van der Waals surface area contributed by atoms with E-state index in [1.54, 1.807) is 27.7 Å². The van der Waals surface area contributed by atoms with E-state index >= 15 is 0 Å². The molecular formula is C26H22ClF5N10O2. The smallest absolute Gasteiger partial charge is 0.347 e. The molecule has 0 saturated heterocycles. The summed E-state index contributed by atoms with van der Waals surface area (Å²) in [5.74, 6) is -8.73. The van der Waals surface area contributed by atoms with Gasteiger partial charge >= 0.3 is 12.1 Å². The van der Waals surface area contributed by atoms with Crippen molar-refractivity contribution in [1.29, 1.82) is 5.26 Å². The number of benzene rings is 1. The molecule has 0 bridgehead atoms. The first kappa shape index (κ1) is 31.9. The van der Waals surface area contributed by atoms with E-state index in [-0.39, 0.29) is 43.7 Å². The highest BCUT2D eigenvalue weighted by molar-refractivity contribution is 6.32. The van der Waals surface area contributed by atoms with Crippen LogP contribution in [0.4, 0.5) is 27.6 Å². The lowest BCUT2D eigenvalue weighted by Crippen LogP contribution is -2.41. The summed E-state index contributed by atoms with van der Waals surface area (Å²) in [5.41, 5.74) is -0.652. The number of carbonyl (C=O) groups excluding carboxylic acids is 2. The summed E-state index contributed by atoms with van der Waals surface area (Å²) in [4.78, 5) is 30.9. The fourth-order valence-electron chi connectivity index (χ4n) is 3.96. The van der Waals surface area contributed by atoms with Crippen LogP contribution in [-0.2, 0) is 12.5 Å².